The zero-order valence-corrected chi connectivity index (χ0v) is 16.7. The lowest BCUT2D eigenvalue weighted by atomic mass is 10.1. The number of nitrogens with zero attached hydrogens (tertiary/aromatic N) is 1. The molecule has 3 rings (SSSR count). The molecule has 0 fully saturated rings. The smallest absolute Gasteiger partial charge is 0.338 e. The van der Waals surface area contributed by atoms with Gasteiger partial charge in [-0.3, -0.25) is 4.79 Å². The minimum absolute atomic E-state index is 0.118. The number of nitrogens with one attached hydrogen (secondary N) is 1. The van der Waals surface area contributed by atoms with Gasteiger partial charge in [0.1, 0.15) is 17.1 Å². The maximum Gasteiger partial charge on any atom is 0.338 e. The van der Waals surface area contributed by atoms with E-state index in [2.05, 4.69) is 5.32 Å². The van der Waals surface area contributed by atoms with Crippen molar-refractivity contribution in [3.8, 4) is 11.5 Å². The lowest BCUT2D eigenvalue weighted by molar-refractivity contribution is 0.0794. The summed E-state index contributed by atoms with van der Waals surface area (Å²) in [5.41, 5.74) is 1.37. The predicted molar refractivity (Wildman–Crippen MR) is 112 cm³/mol. The molecule has 0 aliphatic heterocycles. The average molecular weight is 396 g/mol. The fourth-order valence-electron chi connectivity index (χ4n) is 3.05. The highest BCUT2D eigenvalue weighted by Crippen LogP contribution is 2.23. The first kappa shape index (κ1) is 20.3. The van der Waals surface area contributed by atoms with Crippen molar-refractivity contribution in [1.29, 1.82) is 0 Å². The summed E-state index contributed by atoms with van der Waals surface area (Å²) in [6, 6.07) is 13.9. The van der Waals surface area contributed by atoms with E-state index in [9.17, 15) is 9.59 Å². The summed E-state index contributed by atoms with van der Waals surface area (Å²) in [7, 11) is 4.85. The number of ether oxygens (including phenoxy) is 2. The molecule has 1 amide bonds. The topological polar surface area (TPSA) is 81.0 Å². The van der Waals surface area contributed by atoms with Crippen LogP contribution in [-0.2, 0) is 0 Å². The minimum atomic E-state index is -0.398. The first-order valence-electron chi connectivity index (χ1n) is 9.27. The van der Waals surface area contributed by atoms with Crippen LogP contribution < -0.4 is 20.4 Å². The summed E-state index contributed by atoms with van der Waals surface area (Å²) in [6.45, 7) is 1.15. The molecule has 152 valence electrons. The number of benzene rings is 2. The van der Waals surface area contributed by atoms with Crippen LogP contribution in [0.1, 0.15) is 16.8 Å². The number of hydrogen-bond donors (Lipinski definition) is 1. The molecule has 7 nitrogen and oxygen atoms in total. The highest BCUT2D eigenvalue weighted by Gasteiger charge is 2.14. The van der Waals surface area contributed by atoms with Gasteiger partial charge >= 0.3 is 5.63 Å². The van der Waals surface area contributed by atoms with E-state index in [1.54, 1.807) is 50.4 Å². The van der Waals surface area contributed by atoms with Crippen LogP contribution >= 0.6 is 0 Å². The third-order valence-corrected chi connectivity index (χ3v) is 4.58. The first-order chi connectivity index (χ1) is 14.0. The quantitative estimate of drug-likeness (QED) is 0.464. The number of anilines is 1. The number of hydrogen-bond acceptors (Lipinski definition) is 6. The van der Waals surface area contributed by atoms with Gasteiger partial charge in [-0.05, 0) is 30.7 Å². The number of amides is 1. The van der Waals surface area contributed by atoms with Gasteiger partial charge in [-0.15, -0.1) is 0 Å². The third-order valence-electron chi connectivity index (χ3n) is 4.58. The number of carbonyl (C=O) groups excluding carboxylic acids is 1. The third kappa shape index (κ3) is 4.87. The Bertz CT molecular complexity index is 1040. The van der Waals surface area contributed by atoms with Crippen molar-refractivity contribution in [2.45, 2.75) is 6.42 Å². The zero-order chi connectivity index (χ0) is 20.8. The van der Waals surface area contributed by atoms with E-state index >= 15 is 0 Å². The maximum absolute atomic E-state index is 12.7. The first-order valence-corrected chi connectivity index (χ1v) is 9.27. The van der Waals surface area contributed by atoms with E-state index in [1.807, 2.05) is 18.2 Å². The average Bonchev–Trinajstić information content (AvgIpc) is 2.75. The van der Waals surface area contributed by atoms with Gasteiger partial charge in [0.05, 0.1) is 19.9 Å². The normalized spacial score (nSPS) is 10.6. The fourth-order valence-corrected chi connectivity index (χ4v) is 3.05. The van der Waals surface area contributed by atoms with Crippen LogP contribution in [0, 0.1) is 0 Å². The summed E-state index contributed by atoms with van der Waals surface area (Å²) in [4.78, 5) is 26.1. The molecule has 0 aliphatic rings. The van der Waals surface area contributed by atoms with E-state index in [4.69, 9.17) is 13.9 Å². The van der Waals surface area contributed by atoms with Gasteiger partial charge in [0.15, 0.2) is 0 Å². The van der Waals surface area contributed by atoms with Gasteiger partial charge in [0, 0.05) is 43.2 Å². The van der Waals surface area contributed by atoms with Crippen LogP contribution in [0.25, 0.3) is 11.0 Å². The summed E-state index contributed by atoms with van der Waals surface area (Å²) in [5, 5.41) is 4.11. The molecule has 1 aromatic heterocycles. The Labute approximate surface area is 168 Å². The monoisotopic (exact) mass is 396 g/mol. The largest absolute Gasteiger partial charge is 0.497 e. The minimum Gasteiger partial charge on any atom is -0.497 e. The SMILES string of the molecule is COc1cc(OC)cc(C(=O)N(C)CCCNc2cc(=O)oc3ccccc23)c1. The van der Waals surface area contributed by atoms with Gasteiger partial charge in [0.2, 0.25) is 0 Å². The summed E-state index contributed by atoms with van der Waals surface area (Å²) in [5.74, 6) is 1.02. The Balaban J connectivity index is 1.60. The molecule has 7 heteroatoms. The van der Waals surface area contributed by atoms with Gasteiger partial charge in [-0.2, -0.15) is 0 Å². The number of methoxy groups -OCH3 is 2. The highest BCUT2D eigenvalue weighted by atomic mass is 16.5. The Morgan fingerprint density at radius 2 is 1.76 bits per heavy atom. The van der Waals surface area contributed by atoms with Crippen molar-refractivity contribution in [3.63, 3.8) is 0 Å². The molecule has 3 aromatic rings. The van der Waals surface area contributed by atoms with Crippen LogP contribution in [0.5, 0.6) is 11.5 Å². The fraction of sp³-hybridized carbons (Fsp3) is 0.273. The van der Waals surface area contributed by atoms with Crippen molar-refractivity contribution >= 4 is 22.6 Å². The van der Waals surface area contributed by atoms with Crippen molar-refractivity contribution in [1.82, 2.24) is 4.90 Å². The van der Waals surface area contributed by atoms with E-state index in [-0.39, 0.29) is 5.91 Å². The van der Waals surface area contributed by atoms with E-state index < -0.39 is 5.63 Å². The van der Waals surface area contributed by atoms with Crippen molar-refractivity contribution in [2.75, 3.05) is 39.7 Å². The molecule has 1 N–H and O–H groups in total. The molecule has 0 bridgehead atoms. The van der Waals surface area contributed by atoms with Crippen molar-refractivity contribution in [2.24, 2.45) is 0 Å². The molecule has 1 heterocycles. The standard InChI is InChI=1S/C22H24N2O5/c1-24(22(26)15-11-16(27-2)13-17(12-15)28-3)10-6-9-23-19-14-21(25)29-20-8-5-4-7-18(19)20/h4-5,7-8,11-14,23H,6,9-10H2,1-3H3. The second kappa shape index (κ2) is 9.14. The molecule has 0 aliphatic carbocycles. The lowest BCUT2D eigenvalue weighted by Gasteiger charge is -2.18. The van der Waals surface area contributed by atoms with Gasteiger partial charge in [-0.1, -0.05) is 12.1 Å². The Hall–Kier alpha value is -3.48. The highest BCUT2D eigenvalue weighted by molar-refractivity contribution is 5.95. The molecule has 0 spiro atoms. The molecule has 0 saturated heterocycles. The second-order valence-corrected chi connectivity index (χ2v) is 6.58. The van der Waals surface area contributed by atoms with Gasteiger partial charge < -0.3 is 24.1 Å². The Morgan fingerprint density at radius 1 is 1.07 bits per heavy atom. The van der Waals surface area contributed by atoms with E-state index in [0.717, 1.165) is 11.1 Å². The number of carbonyl (C=O) groups is 1. The van der Waals surface area contributed by atoms with Gasteiger partial charge in [-0.25, -0.2) is 4.79 Å². The van der Waals surface area contributed by atoms with Crippen LogP contribution in [0.4, 0.5) is 5.69 Å². The number of para-hydroxylation sites is 1. The number of fused-ring (bicyclic) bond motifs is 1. The zero-order valence-electron chi connectivity index (χ0n) is 16.7. The summed E-state index contributed by atoms with van der Waals surface area (Å²) < 4.78 is 15.6. The molecule has 0 atom stereocenters. The Kier molecular flexibility index (Phi) is 6.39. The molecule has 0 saturated carbocycles. The second-order valence-electron chi connectivity index (χ2n) is 6.58. The van der Waals surface area contributed by atoms with E-state index in [1.165, 1.54) is 6.07 Å². The van der Waals surface area contributed by atoms with Crippen LogP contribution in [-0.4, -0.2) is 45.2 Å². The molecule has 2 aromatic carbocycles. The lowest BCUT2D eigenvalue weighted by Crippen LogP contribution is -2.29. The molecule has 0 unspecified atom stereocenters. The van der Waals surface area contributed by atoms with E-state index in [0.29, 0.717) is 42.2 Å². The van der Waals surface area contributed by atoms with Crippen LogP contribution in [0.2, 0.25) is 0 Å². The molecule has 0 radical (unpaired) electrons. The van der Waals surface area contributed by atoms with Crippen molar-refractivity contribution in [3.05, 3.63) is 64.5 Å². The van der Waals surface area contributed by atoms with Crippen molar-refractivity contribution < 1.29 is 18.7 Å². The molecular formula is C22H24N2O5. The van der Waals surface area contributed by atoms with Crippen LogP contribution in [0.15, 0.2) is 57.7 Å². The summed E-state index contributed by atoms with van der Waals surface area (Å²) >= 11 is 0. The van der Waals surface area contributed by atoms with Crippen LogP contribution in [0.3, 0.4) is 0 Å². The molecular weight excluding hydrogens is 372 g/mol. The predicted octanol–water partition coefficient (Wildman–Crippen LogP) is 3.38. The van der Waals surface area contributed by atoms with Gasteiger partial charge in [0.25, 0.3) is 5.91 Å². The summed E-state index contributed by atoms with van der Waals surface area (Å²) in [6.07, 6.45) is 0.706. The molecule has 29 heavy (non-hydrogen) atoms. The number of rotatable bonds is 8. The Morgan fingerprint density at radius 3 is 2.45 bits per heavy atom. The maximum atomic E-state index is 12.7.